The molecule has 1 fully saturated rings. The number of pyridine rings is 1. The van der Waals surface area contributed by atoms with Crippen LogP contribution in [0.4, 0.5) is 11.5 Å². The SMILES string of the molecule is COc1ccc(C)cc1C[NH+]1CCN(c2[nH+]cccc2[N+](=O)[O-])CC1. The molecule has 7 heteroatoms. The number of rotatable bonds is 5. The van der Waals surface area contributed by atoms with Gasteiger partial charge in [-0.25, -0.2) is 9.88 Å². The highest BCUT2D eigenvalue weighted by molar-refractivity contribution is 5.53. The van der Waals surface area contributed by atoms with E-state index in [4.69, 9.17) is 4.74 Å². The minimum absolute atomic E-state index is 0.131. The molecule has 132 valence electrons. The number of hydrogen-bond donors (Lipinski definition) is 1. The van der Waals surface area contributed by atoms with Crippen molar-refractivity contribution in [1.29, 1.82) is 0 Å². The highest BCUT2D eigenvalue weighted by Gasteiger charge is 2.32. The van der Waals surface area contributed by atoms with Gasteiger partial charge in [-0.15, -0.1) is 0 Å². The Kier molecular flexibility index (Phi) is 5.14. The quantitative estimate of drug-likeness (QED) is 0.638. The van der Waals surface area contributed by atoms with E-state index in [-0.39, 0.29) is 10.6 Å². The Morgan fingerprint density at radius 2 is 2.08 bits per heavy atom. The first-order valence-corrected chi connectivity index (χ1v) is 8.45. The zero-order valence-corrected chi connectivity index (χ0v) is 14.6. The zero-order chi connectivity index (χ0) is 17.8. The number of nitrogens with one attached hydrogen (secondary N) is 2. The minimum Gasteiger partial charge on any atom is -0.496 e. The van der Waals surface area contributed by atoms with Gasteiger partial charge in [-0.2, -0.15) is 0 Å². The highest BCUT2D eigenvalue weighted by atomic mass is 16.6. The normalized spacial score (nSPS) is 15.2. The van der Waals surface area contributed by atoms with Crippen LogP contribution in [0, 0.1) is 17.0 Å². The lowest BCUT2D eigenvalue weighted by atomic mass is 10.1. The number of nitro groups is 1. The topological polar surface area (TPSA) is 74.2 Å². The van der Waals surface area contributed by atoms with Crippen LogP contribution >= 0.6 is 0 Å². The number of nitrogens with zero attached hydrogens (tertiary/aromatic N) is 2. The molecule has 0 radical (unpaired) electrons. The Morgan fingerprint density at radius 3 is 2.76 bits per heavy atom. The summed E-state index contributed by atoms with van der Waals surface area (Å²) >= 11 is 0. The molecule has 2 aromatic rings. The number of benzene rings is 1. The number of piperazine rings is 1. The summed E-state index contributed by atoms with van der Waals surface area (Å²) in [6.45, 7) is 6.41. The van der Waals surface area contributed by atoms with Crippen LogP contribution in [0.15, 0.2) is 36.5 Å². The van der Waals surface area contributed by atoms with Crippen LogP contribution < -0.4 is 19.5 Å². The predicted octanol–water partition coefficient (Wildman–Crippen LogP) is 0.631. The molecule has 3 rings (SSSR count). The van der Waals surface area contributed by atoms with Crippen molar-refractivity contribution in [3.8, 4) is 5.75 Å². The van der Waals surface area contributed by atoms with Crippen LogP contribution in [0.1, 0.15) is 11.1 Å². The molecule has 1 saturated heterocycles. The molecule has 0 aliphatic carbocycles. The van der Waals surface area contributed by atoms with E-state index in [9.17, 15) is 10.1 Å². The molecular weight excluding hydrogens is 320 g/mol. The van der Waals surface area contributed by atoms with E-state index in [1.165, 1.54) is 16.0 Å². The van der Waals surface area contributed by atoms with Crippen LogP contribution in [0.25, 0.3) is 0 Å². The van der Waals surface area contributed by atoms with E-state index < -0.39 is 0 Å². The smallest absolute Gasteiger partial charge is 0.357 e. The highest BCUT2D eigenvalue weighted by Crippen LogP contribution is 2.22. The third-order valence-corrected chi connectivity index (χ3v) is 4.67. The summed E-state index contributed by atoms with van der Waals surface area (Å²) in [6, 6.07) is 9.45. The molecule has 0 atom stereocenters. The molecule has 0 amide bonds. The average molecular weight is 344 g/mol. The van der Waals surface area contributed by atoms with Crippen molar-refractivity contribution < 1.29 is 19.5 Å². The number of aromatic amines is 1. The monoisotopic (exact) mass is 344 g/mol. The molecule has 1 aromatic heterocycles. The minimum atomic E-state index is -0.331. The fourth-order valence-corrected chi connectivity index (χ4v) is 3.36. The maximum absolute atomic E-state index is 11.2. The van der Waals surface area contributed by atoms with Crippen molar-refractivity contribution in [2.45, 2.75) is 13.5 Å². The summed E-state index contributed by atoms with van der Waals surface area (Å²) in [5, 5.41) is 11.2. The van der Waals surface area contributed by atoms with Crippen molar-refractivity contribution in [2.24, 2.45) is 0 Å². The fraction of sp³-hybridized carbons (Fsp3) is 0.389. The van der Waals surface area contributed by atoms with Crippen molar-refractivity contribution in [2.75, 3.05) is 38.2 Å². The summed E-state index contributed by atoms with van der Waals surface area (Å²) in [5.41, 5.74) is 2.57. The maximum Gasteiger partial charge on any atom is 0.357 e. The van der Waals surface area contributed by atoms with Gasteiger partial charge in [0.1, 0.15) is 38.5 Å². The molecule has 25 heavy (non-hydrogen) atoms. The average Bonchev–Trinajstić information content (AvgIpc) is 2.62. The number of ether oxygens (including phenoxy) is 1. The molecule has 0 bridgehead atoms. The lowest BCUT2D eigenvalue weighted by Crippen LogP contribution is -3.13. The Morgan fingerprint density at radius 1 is 1.32 bits per heavy atom. The van der Waals surface area contributed by atoms with E-state index in [1.54, 1.807) is 25.4 Å². The van der Waals surface area contributed by atoms with Gasteiger partial charge in [0.2, 0.25) is 0 Å². The van der Waals surface area contributed by atoms with Crippen LogP contribution in [0.2, 0.25) is 0 Å². The van der Waals surface area contributed by atoms with Gasteiger partial charge in [0.15, 0.2) is 0 Å². The van der Waals surface area contributed by atoms with Crippen molar-refractivity contribution in [1.82, 2.24) is 0 Å². The van der Waals surface area contributed by atoms with E-state index in [0.717, 1.165) is 38.5 Å². The summed E-state index contributed by atoms with van der Waals surface area (Å²) in [7, 11) is 1.70. The van der Waals surface area contributed by atoms with Crippen molar-refractivity contribution >= 4 is 11.5 Å². The van der Waals surface area contributed by atoms with Gasteiger partial charge in [0.05, 0.1) is 18.2 Å². The predicted molar refractivity (Wildman–Crippen MR) is 94.0 cm³/mol. The van der Waals surface area contributed by atoms with Gasteiger partial charge in [0.25, 0.3) is 0 Å². The number of hydrogen-bond acceptors (Lipinski definition) is 4. The number of quaternary nitrogens is 1. The lowest BCUT2D eigenvalue weighted by Gasteiger charge is -2.28. The molecule has 0 saturated carbocycles. The molecule has 1 aliphatic heterocycles. The largest absolute Gasteiger partial charge is 0.496 e. The van der Waals surface area contributed by atoms with Gasteiger partial charge < -0.3 is 9.64 Å². The molecule has 0 unspecified atom stereocenters. The van der Waals surface area contributed by atoms with Crippen LogP contribution in [0.5, 0.6) is 5.75 Å². The fourth-order valence-electron chi connectivity index (χ4n) is 3.36. The first kappa shape index (κ1) is 17.2. The third-order valence-electron chi connectivity index (χ3n) is 4.67. The number of aryl methyl sites for hydroxylation is 1. The molecular formula is C18H24N4O3+2. The Labute approximate surface area is 147 Å². The number of anilines is 1. The van der Waals surface area contributed by atoms with Crippen LogP contribution in [-0.2, 0) is 6.54 Å². The van der Waals surface area contributed by atoms with Crippen molar-refractivity contribution in [3.63, 3.8) is 0 Å². The maximum atomic E-state index is 11.2. The van der Waals surface area contributed by atoms with Crippen LogP contribution in [-0.4, -0.2) is 38.2 Å². The molecule has 1 aromatic carbocycles. The van der Waals surface area contributed by atoms with E-state index in [1.807, 2.05) is 6.07 Å². The second-order valence-corrected chi connectivity index (χ2v) is 6.39. The Hall–Kier alpha value is -2.67. The molecule has 0 spiro atoms. The molecule has 2 N–H and O–H groups in total. The van der Waals surface area contributed by atoms with E-state index in [0.29, 0.717) is 5.82 Å². The Balaban J connectivity index is 1.67. The van der Waals surface area contributed by atoms with E-state index in [2.05, 4.69) is 28.9 Å². The second kappa shape index (κ2) is 7.48. The standard InChI is InChI=1S/C18H22N4O3/c1-14-5-6-17(25-2)15(12-14)13-20-8-10-21(11-9-20)18-16(22(23)24)4-3-7-19-18/h3-7,12H,8-11,13H2,1-2H3/p+2. The molecule has 7 nitrogen and oxygen atoms in total. The first-order chi connectivity index (χ1) is 12.1. The summed E-state index contributed by atoms with van der Waals surface area (Å²) in [4.78, 5) is 17.4. The lowest BCUT2D eigenvalue weighted by molar-refractivity contribution is -0.914. The van der Waals surface area contributed by atoms with Crippen LogP contribution in [0.3, 0.4) is 0 Å². The third kappa shape index (κ3) is 3.88. The van der Waals surface area contributed by atoms with Gasteiger partial charge in [0, 0.05) is 11.6 Å². The zero-order valence-electron chi connectivity index (χ0n) is 14.6. The van der Waals surface area contributed by atoms with Gasteiger partial charge in [-0.05, 0) is 25.1 Å². The summed E-state index contributed by atoms with van der Waals surface area (Å²) in [6.07, 6.45) is 1.74. The first-order valence-electron chi connectivity index (χ1n) is 8.45. The van der Waals surface area contributed by atoms with Gasteiger partial charge >= 0.3 is 11.5 Å². The number of aromatic nitrogens is 1. The van der Waals surface area contributed by atoms with E-state index >= 15 is 0 Å². The van der Waals surface area contributed by atoms with Gasteiger partial charge in [-0.3, -0.25) is 10.1 Å². The molecule has 1 aliphatic rings. The second-order valence-electron chi connectivity index (χ2n) is 6.39. The summed E-state index contributed by atoms with van der Waals surface area (Å²) < 4.78 is 5.47. The summed E-state index contributed by atoms with van der Waals surface area (Å²) in [5.74, 6) is 1.52. The molecule has 2 heterocycles. The number of methoxy groups -OCH3 is 1. The van der Waals surface area contributed by atoms with Gasteiger partial charge in [-0.1, -0.05) is 11.6 Å². The van der Waals surface area contributed by atoms with Crippen molar-refractivity contribution in [3.05, 3.63) is 57.8 Å². The Bertz CT molecular complexity index is 758. The number of H-pyrrole nitrogens is 1.